The monoisotopic (exact) mass is 311 g/mol. The summed E-state index contributed by atoms with van der Waals surface area (Å²) in [5.41, 5.74) is 6.91. The molecule has 0 bridgehead atoms. The Morgan fingerprint density at radius 2 is 2.05 bits per heavy atom. The van der Waals surface area contributed by atoms with Crippen LogP contribution < -0.4 is 10.5 Å². The standard InChI is InChI=1S/C13H17N3O2S2/c1-2-12(13-15-7-8-19-13)16-20(17,18)9-10-3-5-11(14)6-4-10/h3-8,12,16H,2,9,14H2,1H3. The minimum Gasteiger partial charge on any atom is -0.399 e. The van der Waals surface area contributed by atoms with Crippen LogP contribution in [0.4, 0.5) is 5.69 Å². The molecule has 2 rings (SSSR count). The highest BCUT2D eigenvalue weighted by atomic mass is 32.2. The minimum atomic E-state index is -3.41. The second-order valence-corrected chi connectivity index (χ2v) is 7.13. The summed E-state index contributed by atoms with van der Waals surface area (Å²) < 4.78 is 27.1. The Labute approximate surface area is 122 Å². The predicted molar refractivity (Wildman–Crippen MR) is 81.8 cm³/mol. The molecule has 0 saturated heterocycles. The molecule has 20 heavy (non-hydrogen) atoms. The molecule has 108 valence electrons. The molecule has 0 aliphatic rings. The molecule has 1 unspecified atom stereocenters. The summed E-state index contributed by atoms with van der Waals surface area (Å²) in [6, 6.07) is 6.57. The van der Waals surface area contributed by atoms with Crippen molar-refractivity contribution in [1.29, 1.82) is 0 Å². The van der Waals surface area contributed by atoms with Gasteiger partial charge in [0.1, 0.15) is 5.01 Å². The second-order valence-electron chi connectivity index (χ2n) is 4.45. The second kappa shape index (κ2) is 6.34. The number of nitrogens with one attached hydrogen (secondary N) is 1. The summed E-state index contributed by atoms with van der Waals surface area (Å²) in [6.45, 7) is 1.93. The largest absolute Gasteiger partial charge is 0.399 e. The number of nitrogens with two attached hydrogens (primary N) is 1. The van der Waals surface area contributed by atoms with E-state index in [0.717, 1.165) is 5.01 Å². The molecule has 2 aromatic rings. The third kappa shape index (κ3) is 4.03. The van der Waals surface area contributed by atoms with Crippen LogP contribution in [0.2, 0.25) is 0 Å². The number of sulfonamides is 1. The Morgan fingerprint density at radius 1 is 1.35 bits per heavy atom. The first-order valence-electron chi connectivity index (χ1n) is 6.24. The maximum Gasteiger partial charge on any atom is 0.216 e. The molecule has 1 atom stereocenters. The Balaban J connectivity index is 2.08. The maximum absolute atomic E-state index is 12.2. The van der Waals surface area contributed by atoms with Gasteiger partial charge in [-0.25, -0.2) is 18.1 Å². The maximum atomic E-state index is 12.2. The Hall–Kier alpha value is -1.44. The van der Waals surface area contributed by atoms with Crippen LogP contribution in [0.15, 0.2) is 35.8 Å². The number of hydrogen-bond donors (Lipinski definition) is 2. The SMILES string of the molecule is CCC(NS(=O)(=O)Cc1ccc(N)cc1)c1nccs1. The number of rotatable bonds is 6. The molecule has 1 heterocycles. The van der Waals surface area contributed by atoms with Gasteiger partial charge in [0.25, 0.3) is 0 Å². The Kier molecular flexibility index (Phi) is 4.74. The van der Waals surface area contributed by atoms with Crippen molar-refractivity contribution in [1.82, 2.24) is 9.71 Å². The highest BCUT2D eigenvalue weighted by Crippen LogP contribution is 2.20. The van der Waals surface area contributed by atoms with Gasteiger partial charge in [-0.1, -0.05) is 19.1 Å². The van der Waals surface area contributed by atoms with E-state index in [0.29, 0.717) is 17.7 Å². The van der Waals surface area contributed by atoms with Crippen molar-refractivity contribution < 1.29 is 8.42 Å². The summed E-state index contributed by atoms with van der Waals surface area (Å²) in [6.07, 6.45) is 2.34. The van der Waals surface area contributed by atoms with E-state index in [1.54, 1.807) is 30.5 Å². The van der Waals surface area contributed by atoms with Crippen molar-refractivity contribution in [3.8, 4) is 0 Å². The van der Waals surface area contributed by atoms with E-state index in [1.165, 1.54) is 11.3 Å². The fourth-order valence-corrected chi connectivity index (χ4v) is 4.08. The fourth-order valence-electron chi connectivity index (χ4n) is 1.81. The zero-order valence-electron chi connectivity index (χ0n) is 11.1. The number of aromatic nitrogens is 1. The number of nitrogens with zero attached hydrogens (tertiary/aromatic N) is 1. The van der Waals surface area contributed by atoms with Gasteiger partial charge >= 0.3 is 0 Å². The third-order valence-corrected chi connectivity index (χ3v) is 5.06. The summed E-state index contributed by atoms with van der Waals surface area (Å²) in [5, 5.41) is 2.63. The van der Waals surface area contributed by atoms with Crippen LogP contribution in [-0.4, -0.2) is 13.4 Å². The number of anilines is 1. The van der Waals surface area contributed by atoms with Gasteiger partial charge in [0.2, 0.25) is 10.0 Å². The molecule has 0 aliphatic carbocycles. The van der Waals surface area contributed by atoms with Crippen LogP contribution in [0, 0.1) is 0 Å². The number of nitrogen functional groups attached to an aromatic ring is 1. The van der Waals surface area contributed by atoms with Crippen molar-refractivity contribution in [3.05, 3.63) is 46.4 Å². The summed E-state index contributed by atoms with van der Waals surface area (Å²) in [7, 11) is -3.41. The average molecular weight is 311 g/mol. The summed E-state index contributed by atoms with van der Waals surface area (Å²) in [5.74, 6) is -0.0604. The highest BCUT2D eigenvalue weighted by molar-refractivity contribution is 7.88. The molecule has 7 heteroatoms. The van der Waals surface area contributed by atoms with Gasteiger partial charge in [0.05, 0.1) is 11.8 Å². The van der Waals surface area contributed by atoms with Crippen LogP contribution in [0.3, 0.4) is 0 Å². The molecular weight excluding hydrogens is 294 g/mol. The van der Waals surface area contributed by atoms with Crippen molar-refractivity contribution >= 4 is 27.0 Å². The first-order valence-corrected chi connectivity index (χ1v) is 8.77. The van der Waals surface area contributed by atoms with E-state index in [-0.39, 0.29) is 11.8 Å². The normalized spacial score (nSPS) is 13.2. The quantitative estimate of drug-likeness (QED) is 0.802. The molecule has 0 spiro atoms. The number of hydrogen-bond acceptors (Lipinski definition) is 5. The molecule has 0 fully saturated rings. The molecule has 3 N–H and O–H groups in total. The summed E-state index contributed by atoms with van der Waals surface area (Å²) in [4.78, 5) is 4.17. The van der Waals surface area contributed by atoms with E-state index < -0.39 is 10.0 Å². The molecule has 0 saturated carbocycles. The molecule has 0 radical (unpaired) electrons. The molecule has 0 aliphatic heterocycles. The van der Waals surface area contributed by atoms with Crippen molar-refractivity contribution in [2.45, 2.75) is 25.1 Å². The highest BCUT2D eigenvalue weighted by Gasteiger charge is 2.20. The molecule has 0 amide bonds. The third-order valence-electron chi connectivity index (χ3n) is 2.82. The van der Waals surface area contributed by atoms with Crippen molar-refractivity contribution in [2.24, 2.45) is 0 Å². The fraction of sp³-hybridized carbons (Fsp3) is 0.308. The first kappa shape index (κ1) is 15.0. The molecular formula is C13H17N3O2S2. The lowest BCUT2D eigenvalue weighted by Gasteiger charge is -2.14. The van der Waals surface area contributed by atoms with E-state index in [1.807, 2.05) is 12.3 Å². The van der Waals surface area contributed by atoms with Crippen molar-refractivity contribution in [2.75, 3.05) is 5.73 Å². The Morgan fingerprint density at radius 3 is 2.60 bits per heavy atom. The number of thiazole rings is 1. The smallest absolute Gasteiger partial charge is 0.216 e. The van der Waals surface area contributed by atoms with Gasteiger partial charge in [-0.3, -0.25) is 0 Å². The number of benzene rings is 1. The van der Waals surface area contributed by atoms with Gasteiger partial charge in [-0.15, -0.1) is 11.3 Å². The van der Waals surface area contributed by atoms with Gasteiger partial charge in [0.15, 0.2) is 0 Å². The van der Waals surface area contributed by atoms with E-state index >= 15 is 0 Å². The van der Waals surface area contributed by atoms with Gasteiger partial charge in [0, 0.05) is 17.3 Å². The lowest BCUT2D eigenvalue weighted by Crippen LogP contribution is -2.29. The average Bonchev–Trinajstić information content (AvgIpc) is 2.92. The van der Waals surface area contributed by atoms with Gasteiger partial charge in [-0.2, -0.15) is 0 Å². The van der Waals surface area contributed by atoms with Gasteiger partial charge in [-0.05, 0) is 24.1 Å². The van der Waals surface area contributed by atoms with Crippen LogP contribution in [0.5, 0.6) is 0 Å². The Bertz CT molecular complexity index is 637. The summed E-state index contributed by atoms with van der Waals surface area (Å²) >= 11 is 1.45. The minimum absolute atomic E-state index is 0.0604. The zero-order chi connectivity index (χ0) is 14.6. The topological polar surface area (TPSA) is 85.1 Å². The molecule has 1 aromatic carbocycles. The van der Waals surface area contributed by atoms with Crippen molar-refractivity contribution in [3.63, 3.8) is 0 Å². The van der Waals surface area contributed by atoms with Crippen LogP contribution >= 0.6 is 11.3 Å². The van der Waals surface area contributed by atoms with E-state index in [2.05, 4.69) is 9.71 Å². The zero-order valence-corrected chi connectivity index (χ0v) is 12.7. The van der Waals surface area contributed by atoms with E-state index in [4.69, 9.17) is 5.73 Å². The van der Waals surface area contributed by atoms with Crippen LogP contribution in [0.25, 0.3) is 0 Å². The van der Waals surface area contributed by atoms with Crippen LogP contribution in [0.1, 0.15) is 30.0 Å². The van der Waals surface area contributed by atoms with Gasteiger partial charge < -0.3 is 5.73 Å². The predicted octanol–water partition coefficient (Wildman–Crippen LogP) is 2.30. The molecule has 5 nitrogen and oxygen atoms in total. The van der Waals surface area contributed by atoms with E-state index in [9.17, 15) is 8.42 Å². The lowest BCUT2D eigenvalue weighted by molar-refractivity contribution is 0.548. The van der Waals surface area contributed by atoms with Crippen LogP contribution in [-0.2, 0) is 15.8 Å². The first-order chi connectivity index (χ1) is 9.50. The lowest BCUT2D eigenvalue weighted by atomic mass is 10.2. The molecule has 1 aromatic heterocycles.